The van der Waals surface area contributed by atoms with Crippen molar-refractivity contribution in [2.24, 2.45) is 0 Å². The molecule has 2 heterocycles. The van der Waals surface area contributed by atoms with Gasteiger partial charge in [0.1, 0.15) is 11.1 Å². The summed E-state index contributed by atoms with van der Waals surface area (Å²) in [5, 5.41) is 17.0. The molecule has 0 spiro atoms. The fraction of sp³-hybridized carbons (Fsp3) is 0.529. The fourth-order valence-electron chi connectivity index (χ4n) is 2.01. The molecular weight excluding hydrogens is 324 g/mol. The van der Waals surface area contributed by atoms with Crippen molar-refractivity contribution in [3.05, 3.63) is 34.9 Å². The SMILES string of the molecule is COC(=O)c1cn(C(C)C)nc1C.Cc1nn(C(C)C)cc1C(=O)O. The minimum atomic E-state index is -0.917. The van der Waals surface area contributed by atoms with Gasteiger partial charge in [0.15, 0.2) is 0 Å². The summed E-state index contributed by atoms with van der Waals surface area (Å²) in [6.45, 7) is 11.4. The molecule has 2 rings (SSSR count). The van der Waals surface area contributed by atoms with Crippen LogP contribution in [0.2, 0.25) is 0 Å². The van der Waals surface area contributed by atoms with Gasteiger partial charge in [0.25, 0.3) is 0 Å². The number of carboxylic acids is 1. The molecule has 8 nitrogen and oxygen atoms in total. The molecule has 0 aromatic carbocycles. The first kappa shape index (κ1) is 20.4. The molecule has 2 aromatic heterocycles. The molecule has 0 amide bonds. The van der Waals surface area contributed by atoms with E-state index < -0.39 is 5.97 Å². The van der Waals surface area contributed by atoms with E-state index in [9.17, 15) is 9.59 Å². The molecule has 25 heavy (non-hydrogen) atoms. The smallest absolute Gasteiger partial charge is 0.341 e. The zero-order valence-electron chi connectivity index (χ0n) is 15.8. The van der Waals surface area contributed by atoms with Gasteiger partial charge < -0.3 is 9.84 Å². The lowest BCUT2D eigenvalue weighted by atomic mass is 10.3. The Hall–Kier alpha value is -2.64. The second-order valence-electron chi connectivity index (χ2n) is 6.20. The van der Waals surface area contributed by atoms with Crippen LogP contribution in [-0.4, -0.2) is 43.7 Å². The van der Waals surface area contributed by atoms with Crippen molar-refractivity contribution < 1.29 is 19.4 Å². The van der Waals surface area contributed by atoms with E-state index in [0.717, 1.165) is 0 Å². The number of aryl methyl sites for hydroxylation is 2. The number of nitrogens with zero attached hydrogens (tertiary/aromatic N) is 4. The van der Waals surface area contributed by atoms with E-state index in [2.05, 4.69) is 14.9 Å². The van der Waals surface area contributed by atoms with Crippen molar-refractivity contribution in [1.82, 2.24) is 19.6 Å². The topological polar surface area (TPSA) is 99.2 Å². The number of carbonyl (C=O) groups is 2. The Bertz CT molecular complexity index is 744. The van der Waals surface area contributed by atoms with Gasteiger partial charge in [-0.2, -0.15) is 10.2 Å². The van der Waals surface area contributed by atoms with Gasteiger partial charge in [0.05, 0.1) is 18.5 Å². The molecule has 138 valence electrons. The number of methoxy groups -OCH3 is 1. The summed E-state index contributed by atoms with van der Waals surface area (Å²) in [5.41, 5.74) is 2.09. The summed E-state index contributed by atoms with van der Waals surface area (Å²) in [6, 6.07) is 0.467. The number of aromatic carboxylic acids is 1. The summed E-state index contributed by atoms with van der Waals surface area (Å²) in [4.78, 5) is 21.8. The number of ether oxygens (including phenoxy) is 1. The zero-order chi connectivity index (χ0) is 19.3. The Morgan fingerprint density at radius 3 is 1.64 bits per heavy atom. The number of rotatable bonds is 4. The third kappa shape index (κ3) is 5.17. The summed E-state index contributed by atoms with van der Waals surface area (Å²) >= 11 is 0. The average Bonchev–Trinajstić information content (AvgIpc) is 3.10. The molecule has 8 heteroatoms. The van der Waals surface area contributed by atoms with Gasteiger partial charge in [-0.1, -0.05) is 0 Å². The van der Waals surface area contributed by atoms with Gasteiger partial charge in [-0.15, -0.1) is 0 Å². The summed E-state index contributed by atoms with van der Waals surface area (Å²) < 4.78 is 8.02. The number of hydrogen-bond donors (Lipinski definition) is 1. The fourth-order valence-corrected chi connectivity index (χ4v) is 2.01. The van der Waals surface area contributed by atoms with Crippen LogP contribution in [0, 0.1) is 13.8 Å². The summed E-state index contributed by atoms with van der Waals surface area (Å²) in [5.74, 6) is -1.25. The van der Waals surface area contributed by atoms with Gasteiger partial charge >= 0.3 is 11.9 Å². The van der Waals surface area contributed by atoms with Crippen LogP contribution in [0.4, 0.5) is 0 Å². The number of carboxylic acid groups (broad SMARTS) is 1. The third-order valence-electron chi connectivity index (χ3n) is 3.53. The molecule has 1 N–H and O–H groups in total. The normalized spacial score (nSPS) is 10.6. The van der Waals surface area contributed by atoms with Crippen LogP contribution >= 0.6 is 0 Å². The quantitative estimate of drug-likeness (QED) is 0.851. The van der Waals surface area contributed by atoms with Gasteiger partial charge in [0, 0.05) is 24.5 Å². The predicted octanol–water partition coefficient (Wildman–Crippen LogP) is 3.03. The highest BCUT2D eigenvalue weighted by molar-refractivity contribution is 5.90. The molecule has 0 unspecified atom stereocenters. The van der Waals surface area contributed by atoms with E-state index in [-0.39, 0.29) is 23.6 Å². The first-order chi connectivity index (χ1) is 11.6. The molecule has 0 saturated heterocycles. The largest absolute Gasteiger partial charge is 0.478 e. The molecule has 0 bridgehead atoms. The molecule has 0 fully saturated rings. The Labute approximate surface area is 147 Å². The minimum Gasteiger partial charge on any atom is -0.478 e. The third-order valence-corrected chi connectivity index (χ3v) is 3.53. The lowest BCUT2D eigenvalue weighted by Crippen LogP contribution is -2.02. The second kappa shape index (κ2) is 8.46. The summed E-state index contributed by atoms with van der Waals surface area (Å²) in [7, 11) is 1.37. The molecule has 2 aromatic rings. The van der Waals surface area contributed by atoms with Crippen molar-refractivity contribution in [2.45, 2.75) is 53.6 Å². The zero-order valence-corrected chi connectivity index (χ0v) is 15.8. The van der Waals surface area contributed by atoms with E-state index in [1.54, 1.807) is 35.6 Å². The number of aromatic nitrogens is 4. The minimum absolute atomic E-state index is 0.205. The van der Waals surface area contributed by atoms with Crippen LogP contribution in [0.3, 0.4) is 0 Å². The van der Waals surface area contributed by atoms with E-state index >= 15 is 0 Å². The van der Waals surface area contributed by atoms with Crippen molar-refractivity contribution >= 4 is 11.9 Å². The Kier molecular flexibility index (Phi) is 6.90. The standard InChI is InChI=1S/C9H14N2O2.C8H12N2O2/c1-6(2)11-5-8(7(3)10-11)9(12)13-4;1-5(2)10-4-7(8(11)12)6(3)9-10/h5-6H,1-4H3;4-5H,1-3H3,(H,11,12). The van der Waals surface area contributed by atoms with Crippen LogP contribution in [0.25, 0.3) is 0 Å². The molecule has 0 atom stereocenters. The summed E-state index contributed by atoms with van der Waals surface area (Å²) in [6.07, 6.45) is 3.27. The van der Waals surface area contributed by atoms with Gasteiger partial charge in [0.2, 0.25) is 0 Å². The number of carbonyl (C=O) groups excluding carboxylic acids is 1. The molecule has 0 saturated carbocycles. The van der Waals surface area contributed by atoms with Crippen LogP contribution in [0.1, 0.15) is 71.9 Å². The lowest BCUT2D eigenvalue weighted by Gasteiger charge is -2.02. The monoisotopic (exact) mass is 350 g/mol. The molecule has 0 radical (unpaired) electrons. The molecule has 0 aliphatic heterocycles. The van der Waals surface area contributed by atoms with E-state index in [0.29, 0.717) is 17.0 Å². The van der Waals surface area contributed by atoms with Crippen LogP contribution in [0.5, 0.6) is 0 Å². The number of hydrogen-bond acceptors (Lipinski definition) is 5. The van der Waals surface area contributed by atoms with Crippen molar-refractivity contribution in [1.29, 1.82) is 0 Å². The maximum absolute atomic E-state index is 11.2. The Morgan fingerprint density at radius 2 is 1.36 bits per heavy atom. The Morgan fingerprint density at radius 1 is 0.960 bits per heavy atom. The van der Waals surface area contributed by atoms with Crippen molar-refractivity contribution in [3.8, 4) is 0 Å². The van der Waals surface area contributed by atoms with Gasteiger partial charge in [-0.25, -0.2) is 9.59 Å². The maximum atomic E-state index is 11.2. The van der Waals surface area contributed by atoms with E-state index in [4.69, 9.17) is 5.11 Å². The predicted molar refractivity (Wildman–Crippen MR) is 93.0 cm³/mol. The lowest BCUT2D eigenvalue weighted by molar-refractivity contribution is 0.0599. The van der Waals surface area contributed by atoms with Crippen molar-refractivity contribution in [2.75, 3.05) is 7.11 Å². The van der Waals surface area contributed by atoms with Gasteiger partial charge in [-0.05, 0) is 41.5 Å². The first-order valence-corrected chi connectivity index (χ1v) is 8.01. The van der Waals surface area contributed by atoms with Crippen LogP contribution in [0.15, 0.2) is 12.4 Å². The molecule has 0 aliphatic carbocycles. The average molecular weight is 350 g/mol. The number of esters is 1. The maximum Gasteiger partial charge on any atom is 0.341 e. The van der Waals surface area contributed by atoms with E-state index in [1.807, 2.05) is 27.7 Å². The first-order valence-electron chi connectivity index (χ1n) is 8.01. The van der Waals surface area contributed by atoms with Gasteiger partial charge in [-0.3, -0.25) is 9.36 Å². The Balaban J connectivity index is 0.000000251. The van der Waals surface area contributed by atoms with Crippen LogP contribution < -0.4 is 0 Å². The molecular formula is C17H26N4O4. The highest BCUT2D eigenvalue weighted by atomic mass is 16.5. The molecule has 0 aliphatic rings. The van der Waals surface area contributed by atoms with E-state index in [1.165, 1.54) is 7.11 Å². The van der Waals surface area contributed by atoms with Crippen LogP contribution in [-0.2, 0) is 4.74 Å². The highest BCUT2D eigenvalue weighted by Gasteiger charge is 2.14. The second-order valence-corrected chi connectivity index (χ2v) is 6.20. The van der Waals surface area contributed by atoms with Crippen molar-refractivity contribution in [3.63, 3.8) is 0 Å². The highest BCUT2D eigenvalue weighted by Crippen LogP contribution is 2.11.